The molecule has 18 heavy (non-hydrogen) atoms. The molecule has 3 nitrogen and oxygen atoms in total. The van der Waals surface area contributed by atoms with Gasteiger partial charge >= 0.3 is 0 Å². The van der Waals surface area contributed by atoms with Crippen LogP contribution in [0.3, 0.4) is 0 Å². The predicted octanol–water partition coefficient (Wildman–Crippen LogP) is 2.73. The number of likely N-dealkylation sites (N-methyl/N-ethyl adjacent to an activating group) is 1. The van der Waals surface area contributed by atoms with E-state index in [0.717, 1.165) is 12.1 Å². The van der Waals surface area contributed by atoms with Crippen LogP contribution in [0.2, 0.25) is 0 Å². The Labute approximate surface area is 116 Å². The second kappa shape index (κ2) is 7.84. The summed E-state index contributed by atoms with van der Waals surface area (Å²) in [5.41, 5.74) is 1.02. The zero-order valence-corrected chi connectivity index (χ0v) is 12.5. The van der Waals surface area contributed by atoms with Gasteiger partial charge in [-0.2, -0.15) is 0 Å². The van der Waals surface area contributed by atoms with E-state index in [1.165, 1.54) is 6.07 Å². The van der Waals surface area contributed by atoms with Crippen LogP contribution >= 0.6 is 15.9 Å². The molecule has 1 aromatic rings. The van der Waals surface area contributed by atoms with Gasteiger partial charge < -0.3 is 14.8 Å². The maximum Gasteiger partial charge on any atom is 0.172 e. The molecule has 0 amide bonds. The summed E-state index contributed by atoms with van der Waals surface area (Å²) in [7, 11) is 3.22. The molecule has 0 aliphatic rings. The number of hydrogen-bond donors (Lipinski definition) is 1. The van der Waals surface area contributed by atoms with Crippen LogP contribution in [0, 0.1) is 5.82 Å². The van der Waals surface area contributed by atoms with Gasteiger partial charge in [-0.1, -0.05) is 13.0 Å². The van der Waals surface area contributed by atoms with Crippen molar-refractivity contribution in [2.45, 2.75) is 25.7 Å². The molecule has 1 atom stereocenters. The number of methoxy groups -OCH3 is 2. The second-order valence-electron chi connectivity index (χ2n) is 3.96. The lowest BCUT2D eigenvalue weighted by Gasteiger charge is -2.25. The fourth-order valence-electron chi connectivity index (χ4n) is 1.87. The van der Waals surface area contributed by atoms with Crippen molar-refractivity contribution in [2.24, 2.45) is 0 Å². The summed E-state index contributed by atoms with van der Waals surface area (Å²) < 4.78 is 24.2. The molecular weight excluding hydrogens is 301 g/mol. The molecule has 1 N–H and O–H groups in total. The van der Waals surface area contributed by atoms with Gasteiger partial charge in [0.25, 0.3) is 0 Å². The van der Waals surface area contributed by atoms with Crippen LogP contribution < -0.4 is 5.32 Å². The Morgan fingerprint density at radius 2 is 2.00 bits per heavy atom. The normalized spacial score (nSPS) is 13.0. The minimum atomic E-state index is -0.325. The third-order valence-electron chi connectivity index (χ3n) is 2.70. The molecule has 0 aromatic heterocycles. The van der Waals surface area contributed by atoms with E-state index in [4.69, 9.17) is 9.47 Å². The maximum absolute atomic E-state index is 13.2. The number of rotatable bonds is 7. The third-order valence-corrected chi connectivity index (χ3v) is 3.31. The van der Waals surface area contributed by atoms with E-state index in [2.05, 4.69) is 21.2 Å². The Bertz CT molecular complexity index is 372. The van der Waals surface area contributed by atoms with Gasteiger partial charge in [0.15, 0.2) is 6.29 Å². The summed E-state index contributed by atoms with van der Waals surface area (Å²) in [6.45, 7) is 2.84. The van der Waals surface area contributed by atoms with E-state index in [1.807, 2.05) is 6.92 Å². The van der Waals surface area contributed by atoms with Gasteiger partial charge in [0.1, 0.15) is 5.82 Å². The summed E-state index contributed by atoms with van der Waals surface area (Å²) in [5.74, 6) is -0.256. The van der Waals surface area contributed by atoms with Gasteiger partial charge in [-0.25, -0.2) is 4.39 Å². The fraction of sp³-hybridized carbons (Fsp3) is 0.538. The Morgan fingerprint density at radius 1 is 1.33 bits per heavy atom. The topological polar surface area (TPSA) is 30.5 Å². The predicted molar refractivity (Wildman–Crippen MR) is 73.1 cm³/mol. The van der Waals surface area contributed by atoms with Crippen LogP contribution in [-0.2, 0) is 15.9 Å². The van der Waals surface area contributed by atoms with Gasteiger partial charge in [-0.05, 0) is 46.6 Å². The fourth-order valence-corrected chi connectivity index (χ4v) is 2.30. The van der Waals surface area contributed by atoms with E-state index in [1.54, 1.807) is 26.4 Å². The lowest BCUT2D eigenvalue weighted by molar-refractivity contribution is -0.122. The number of ether oxygens (including phenoxy) is 2. The van der Waals surface area contributed by atoms with Gasteiger partial charge in [0.05, 0.1) is 10.5 Å². The highest BCUT2D eigenvalue weighted by atomic mass is 79.9. The molecule has 1 aromatic carbocycles. The summed E-state index contributed by atoms with van der Waals surface area (Å²) in [6, 6.07) is 5.04. The van der Waals surface area contributed by atoms with Crippen molar-refractivity contribution in [3.8, 4) is 0 Å². The average molecular weight is 320 g/mol. The van der Waals surface area contributed by atoms with E-state index in [-0.39, 0.29) is 18.1 Å². The highest BCUT2D eigenvalue weighted by Crippen LogP contribution is 2.18. The SMILES string of the molecule is CCNC(Cc1ccc(F)c(Br)c1)C(OC)OC. The summed E-state index contributed by atoms with van der Waals surface area (Å²) >= 11 is 3.19. The largest absolute Gasteiger partial charge is 0.354 e. The molecule has 0 aliphatic heterocycles. The maximum atomic E-state index is 13.2. The standard InChI is InChI=1S/C13H19BrFNO2/c1-4-16-12(13(17-2)18-3)8-9-5-6-11(15)10(14)7-9/h5-7,12-13,16H,4,8H2,1-3H3. The monoisotopic (exact) mass is 319 g/mol. The van der Waals surface area contributed by atoms with Crippen LogP contribution in [0.5, 0.6) is 0 Å². The third kappa shape index (κ3) is 4.31. The first-order valence-electron chi connectivity index (χ1n) is 5.85. The number of halogens is 2. The highest BCUT2D eigenvalue weighted by Gasteiger charge is 2.20. The highest BCUT2D eigenvalue weighted by molar-refractivity contribution is 9.10. The van der Waals surface area contributed by atoms with Gasteiger partial charge in [-0.15, -0.1) is 0 Å². The molecular formula is C13H19BrFNO2. The minimum Gasteiger partial charge on any atom is -0.354 e. The molecule has 0 aliphatic carbocycles. The summed E-state index contributed by atoms with van der Waals surface area (Å²) in [5, 5.41) is 3.31. The molecule has 0 saturated heterocycles. The molecule has 0 spiro atoms. The molecule has 1 rings (SSSR count). The Kier molecular flexibility index (Phi) is 6.78. The lowest BCUT2D eigenvalue weighted by atomic mass is 10.1. The van der Waals surface area contributed by atoms with Crippen LogP contribution in [0.25, 0.3) is 0 Å². The average Bonchev–Trinajstić information content (AvgIpc) is 2.35. The Balaban J connectivity index is 2.78. The molecule has 0 radical (unpaired) electrons. The molecule has 0 bridgehead atoms. The van der Waals surface area contributed by atoms with Crippen LogP contribution in [-0.4, -0.2) is 33.1 Å². The van der Waals surface area contributed by atoms with Crippen molar-refractivity contribution in [3.63, 3.8) is 0 Å². The molecule has 5 heteroatoms. The molecule has 0 saturated carbocycles. The van der Waals surface area contributed by atoms with E-state index in [0.29, 0.717) is 10.9 Å². The summed E-state index contributed by atoms with van der Waals surface area (Å²) in [6.07, 6.45) is 0.382. The van der Waals surface area contributed by atoms with Crippen LogP contribution in [0.15, 0.2) is 22.7 Å². The minimum absolute atomic E-state index is 0.0300. The summed E-state index contributed by atoms with van der Waals surface area (Å²) in [4.78, 5) is 0. The van der Waals surface area contributed by atoms with Gasteiger partial charge in [0.2, 0.25) is 0 Å². The first-order chi connectivity index (χ1) is 8.62. The van der Waals surface area contributed by atoms with Crippen molar-refractivity contribution in [1.29, 1.82) is 0 Å². The van der Waals surface area contributed by atoms with E-state index < -0.39 is 0 Å². The van der Waals surface area contributed by atoms with Crippen molar-refractivity contribution in [1.82, 2.24) is 5.32 Å². The van der Waals surface area contributed by atoms with Crippen LogP contribution in [0.1, 0.15) is 12.5 Å². The van der Waals surface area contributed by atoms with Gasteiger partial charge in [0, 0.05) is 14.2 Å². The van der Waals surface area contributed by atoms with Crippen molar-refractivity contribution < 1.29 is 13.9 Å². The number of nitrogens with one attached hydrogen (secondary N) is 1. The molecule has 102 valence electrons. The zero-order valence-electron chi connectivity index (χ0n) is 10.9. The van der Waals surface area contributed by atoms with Crippen molar-refractivity contribution in [2.75, 3.05) is 20.8 Å². The Hall–Kier alpha value is -0.490. The first-order valence-corrected chi connectivity index (χ1v) is 6.64. The molecule has 0 heterocycles. The van der Waals surface area contributed by atoms with Gasteiger partial charge in [-0.3, -0.25) is 0 Å². The number of benzene rings is 1. The Morgan fingerprint density at radius 3 is 2.50 bits per heavy atom. The number of hydrogen-bond acceptors (Lipinski definition) is 3. The molecule has 0 fully saturated rings. The quantitative estimate of drug-likeness (QED) is 0.784. The van der Waals surface area contributed by atoms with Crippen LogP contribution in [0.4, 0.5) is 4.39 Å². The van der Waals surface area contributed by atoms with Crippen molar-refractivity contribution >= 4 is 15.9 Å². The lowest BCUT2D eigenvalue weighted by Crippen LogP contribution is -2.43. The van der Waals surface area contributed by atoms with Crippen molar-refractivity contribution in [3.05, 3.63) is 34.1 Å². The van der Waals surface area contributed by atoms with E-state index >= 15 is 0 Å². The molecule has 1 unspecified atom stereocenters. The zero-order chi connectivity index (χ0) is 13.5. The first kappa shape index (κ1) is 15.6. The smallest absolute Gasteiger partial charge is 0.172 e. The van der Waals surface area contributed by atoms with E-state index in [9.17, 15) is 4.39 Å². The second-order valence-corrected chi connectivity index (χ2v) is 4.81.